The minimum Gasteiger partial charge on any atom is -0.440 e. The molecule has 0 aliphatic carbocycles. The van der Waals surface area contributed by atoms with Gasteiger partial charge in [0.1, 0.15) is 15.4 Å². The molecule has 0 unspecified atom stereocenters. The number of hydrogen-bond acceptors (Lipinski definition) is 5. The molecule has 1 aliphatic heterocycles. The summed E-state index contributed by atoms with van der Waals surface area (Å²) in [5, 5.41) is 0. The van der Waals surface area contributed by atoms with E-state index in [1.807, 2.05) is 24.3 Å². The van der Waals surface area contributed by atoms with E-state index in [-0.39, 0.29) is 24.0 Å². The molecular formula is C16H20N2O4S. The average Bonchev–Trinajstić information content (AvgIpc) is 2.96. The minimum atomic E-state index is -3.10. The number of amides is 1. The Morgan fingerprint density at radius 3 is 2.65 bits per heavy atom. The van der Waals surface area contributed by atoms with Gasteiger partial charge in [0.25, 0.3) is 0 Å². The number of nitrogens with zero attached hydrogens (tertiary/aromatic N) is 2. The first kappa shape index (κ1) is 16.0. The van der Waals surface area contributed by atoms with Crippen molar-refractivity contribution in [2.75, 3.05) is 25.1 Å². The summed E-state index contributed by atoms with van der Waals surface area (Å²) in [7, 11) is -3.10. The van der Waals surface area contributed by atoms with Gasteiger partial charge in [0.05, 0.1) is 5.75 Å². The van der Waals surface area contributed by atoms with E-state index in [1.54, 1.807) is 4.90 Å². The van der Waals surface area contributed by atoms with Crippen molar-refractivity contribution in [2.24, 2.45) is 0 Å². The highest BCUT2D eigenvalue weighted by atomic mass is 32.2. The number of likely N-dealkylation sites (tertiary alicyclic amines) is 1. The van der Waals surface area contributed by atoms with Crippen LogP contribution in [-0.4, -0.2) is 49.3 Å². The minimum absolute atomic E-state index is 0.0619. The molecule has 1 aliphatic rings. The molecule has 1 aromatic carbocycles. The van der Waals surface area contributed by atoms with Gasteiger partial charge in [0.2, 0.25) is 5.91 Å². The van der Waals surface area contributed by atoms with Crippen molar-refractivity contribution in [1.29, 1.82) is 0 Å². The van der Waals surface area contributed by atoms with Gasteiger partial charge in [-0.2, -0.15) is 0 Å². The second-order valence-corrected chi connectivity index (χ2v) is 8.31. The first-order chi connectivity index (χ1) is 10.9. The molecule has 0 bridgehead atoms. The lowest BCUT2D eigenvalue weighted by Gasteiger charge is -2.30. The summed E-state index contributed by atoms with van der Waals surface area (Å²) in [6.07, 6.45) is 2.79. The van der Waals surface area contributed by atoms with Crippen LogP contribution < -0.4 is 0 Å². The number of carbonyl (C=O) groups excluding carboxylic acids is 1. The van der Waals surface area contributed by atoms with Crippen LogP contribution >= 0.6 is 0 Å². The van der Waals surface area contributed by atoms with Crippen molar-refractivity contribution in [2.45, 2.75) is 25.2 Å². The maximum Gasteiger partial charge on any atom is 0.223 e. The summed E-state index contributed by atoms with van der Waals surface area (Å²) >= 11 is 0. The quantitative estimate of drug-likeness (QED) is 0.853. The van der Waals surface area contributed by atoms with Gasteiger partial charge < -0.3 is 9.32 Å². The van der Waals surface area contributed by atoms with Crippen LogP contribution in [0, 0.1) is 0 Å². The lowest BCUT2D eigenvalue weighted by atomic mass is 9.96. The average molecular weight is 336 g/mol. The van der Waals surface area contributed by atoms with Gasteiger partial charge in [-0.05, 0) is 25.0 Å². The molecule has 0 radical (unpaired) electrons. The van der Waals surface area contributed by atoms with E-state index in [2.05, 4.69) is 4.98 Å². The molecule has 2 heterocycles. The zero-order valence-electron chi connectivity index (χ0n) is 13.1. The van der Waals surface area contributed by atoms with Gasteiger partial charge in [0.15, 0.2) is 11.5 Å². The lowest BCUT2D eigenvalue weighted by molar-refractivity contribution is -0.131. The number of fused-ring (bicyclic) bond motifs is 1. The van der Waals surface area contributed by atoms with E-state index in [9.17, 15) is 13.2 Å². The van der Waals surface area contributed by atoms with Gasteiger partial charge in [-0.25, -0.2) is 13.4 Å². The van der Waals surface area contributed by atoms with Crippen molar-refractivity contribution in [1.82, 2.24) is 9.88 Å². The van der Waals surface area contributed by atoms with Crippen LogP contribution in [0.4, 0.5) is 0 Å². The highest BCUT2D eigenvalue weighted by Gasteiger charge is 2.27. The molecule has 0 N–H and O–H groups in total. The molecule has 23 heavy (non-hydrogen) atoms. The van der Waals surface area contributed by atoms with Crippen LogP contribution in [0.25, 0.3) is 11.1 Å². The highest BCUT2D eigenvalue weighted by molar-refractivity contribution is 7.90. The third kappa shape index (κ3) is 3.90. The first-order valence-corrected chi connectivity index (χ1v) is 9.79. The number of aromatic nitrogens is 1. The van der Waals surface area contributed by atoms with E-state index in [4.69, 9.17) is 4.42 Å². The van der Waals surface area contributed by atoms with Gasteiger partial charge in [0, 0.05) is 31.7 Å². The zero-order valence-corrected chi connectivity index (χ0v) is 13.9. The third-order valence-corrected chi connectivity index (χ3v) is 5.14. The largest absolute Gasteiger partial charge is 0.440 e. The normalized spacial score (nSPS) is 16.8. The third-order valence-electron chi connectivity index (χ3n) is 4.19. The first-order valence-electron chi connectivity index (χ1n) is 7.73. The Bertz CT molecular complexity index is 771. The molecule has 1 aromatic heterocycles. The fraction of sp³-hybridized carbons (Fsp3) is 0.500. The standard InChI is InChI=1S/C16H20N2O4S/c1-23(20,21)11-8-15(19)18-9-6-12(7-10-18)16-17-13-4-2-3-5-14(13)22-16/h2-5,12H,6-11H2,1H3. The predicted molar refractivity (Wildman–Crippen MR) is 86.9 cm³/mol. The summed E-state index contributed by atoms with van der Waals surface area (Å²) < 4.78 is 28.1. The van der Waals surface area contributed by atoms with Gasteiger partial charge in [-0.15, -0.1) is 0 Å². The molecule has 0 atom stereocenters. The summed E-state index contributed by atoms with van der Waals surface area (Å²) in [5.74, 6) is 0.763. The van der Waals surface area contributed by atoms with Crippen molar-refractivity contribution >= 4 is 26.8 Å². The summed E-state index contributed by atoms with van der Waals surface area (Å²) in [4.78, 5) is 18.3. The molecule has 7 heteroatoms. The number of benzene rings is 1. The monoisotopic (exact) mass is 336 g/mol. The zero-order chi connectivity index (χ0) is 16.4. The summed E-state index contributed by atoms with van der Waals surface area (Å²) in [5.41, 5.74) is 1.64. The Morgan fingerprint density at radius 1 is 1.30 bits per heavy atom. The SMILES string of the molecule is CS(=O)(=O)CCC(=O)N1CCC(c2nc3ccccc3o2)CC1. The number of oxazole rings is 1. The van der Waals surface area contributed by atoms with E-state index >= 15 is 0 Å². The second kappa shape index (κ2) is 6.31. The van der Waals surface area contributed by atoms with E-state index in [0.29, 0.717) is 13.1 Å². The Balaban J connectivity index is 1.58. The van der Waals surface area contributed by atoms with Crippen LogP contribution in [0.1, 0.15) is 31.1 Å². The van der Waals surface area contributed by atoms with E-state index in [1.165, 1.54) is 0 Å². The Morgan fingerprint density at radius 2 is 2.00 bits per heavy atom. The Labute approximate surface area is 135 Å². The van der Waals surface area contributed by atoms with Crippen LogP contribution in [0.5, 0.6) is 0 Å². The van der Waals surface area contributed by atoms with Crippen molar-refractivity contribution < 1.29 is 17.6 Å². The van der Waals surface area contributed by atoms with Crippen LogP contribution in [-0.2, 0) is 14.6 Å². The smallest absolute Gasteiger partial charge is 0.223 e. The molecule has 1 saturated heterocycles. The molecule has 3 rings (SSSR count). The van der Waals surface area contributed by atoms with Gasteiger partial charge in [-0.3, -0.25) is 4.79 Å². The van der Waals surface area contributed by atoms with E-state index in [0.717, 1.165) is 36.1 Å². The fourth-order valence-corrected chi connectivity index (χ4v) is 3.42. The maximum absolute atomic E-state index is 12.1. The second-order valence-electron chi connectivity index (χ2n) is 6.05. The lowest BCUT2D eigenvalue weighted by Crippen LogP contribution is -2.38. The van der Waals surface area contributed by atoms with Crippen LogP contribution in [0.15, 0.2) is 28.7 Å². The number of carbonyl (C=O) groups is 1. The molecule has 1 amide bonds. The number of hydrogen-bond donors (Lipinski definition) is 0. The topological polar surface area (TPSA) is 80.5 Å². The Hall–Kier alpha value is -1.89. The number of para-hydroxylation sites is 2. The molecule has 0 spiro atoms. The maximum atomic E-state index is 12.1. The molecule has 0 saturated carbocycles. The van der Waals surface area contributed by atoms with Crippen LogP contribution in [0.2, 0.25) is 0 Å². The van der Waals surface area contributed by atoms with Crippen molar-refractivity contribution in [3.63, 3.8) is 0 Å². The van der Waals surface area contributed by atoms with Crippen molar-refractivity contribution in [3.05, 3.63) is 30.2 Å². The molecule has 124 valence electrons. The number of piperidine rings is 1. The van der Waals surface area contributed by atoms with E-state index < -0.39 is 9.84 Å². The highest BCUT2D eigenvalue weighted by Crippen LogP contribution is 2.30. The summed E-state index contributed by atoms with van der Waals surface area (Å²) in [6.45, 7) is 1.23. The number of sulfone groups is 1. The molecule has 2 aromatic rings. The summed E-state index contributed by atoms with van der Waals surface area (Å²) in [6, 6.07) is 7.67. The molecular weight excluding hydrogens is 316 g/mol. The fourth-order valence-electron chi connectivity index (χ4n) is 2.87. The van der Waals surface area contributed by atoms with Gasteiger partial charge >= 0.3 is 0 Å². The van der Waals surface area contributed by atoms with Gasteiger partial charge in [-0.1, -0.05) is 12.1 Å². The van der Waals surface area contributed by atoms with Crippen LogP contribution in [0.3, 0.4) is 0 Å². The predicted octanol–water partition coefficient (Wildman–Crippen LogP) is 1.97. The molecule has 1 fully saturated rings. The number of rotatable bonds is 4. The Kier molecular flexibility index (Phi) is 4.39. The van der Waals surface area contributed by atoms with Crippen molar-refractivity contribution in [3.8, 4) is 0 Å². The molecule has 6 nitrogen and oxygen atoms in total.